The number of anilines is 2. The van der Waals surface area contributed by atoms with Crippen molar-refractivity contribution in [3.8, 4) is 0 Å². The van der Waals surface area contributed by atoms with E-state index in [2.05, 4.69) is 12.2 Å². The molecule has 7 heteroatoms. The molecule has 0 aromatic heterocycles. The summed E-state index contributed by atoms with van der Waals surface area (Å²) in [4.78, 5) is 0.101. The topological polar surface area (TPSA) is 72.5 Å². The van der Waals surface area contributed by atoms with Crippen LogP contribution in [0.2, 0.25) is 0 Å². The van der Waals surface area contributed by atoms with Crippen LogP contribution in [0.15, 0.2) is 54.6 Å². The van der Waals surface area contributed by atoms with Crippen molar-refractivity contribution in [2.45, 2.75) is 63.4 Å². The van der Waals surface area contributed by atoms with Gasteiger partial charge in [-0.1, -0.05) is 81.5 Å². The summed E-state index contributed by atoms with van der Waals surface area (Å²) in [6.07, 6.45) is 6.46. The molecule has 0 saturated carbocycles. The average Bonchev–Trinajstić information content (AvgIpc) is 3.00. The van der Waals surface area contributed by atoms with E-state index in [1.54, 1.807) is 4.90 Å². The van der Waals surface area contributed by atoms with Gasteiger partial charge in [0.05, 0.1) is 11.4 Å². The Labute approximate surface area is 196 Å². The van der Waals surface area contributed by atoms with E-state index < -0.39 is 15.1 Å². The zero-order valence-corrected chi connectivity index (χ0v) is 20.2. The molecule has 3 rings (SSSR count). The molecule has 2 aromatic rings. The van der Waals surface area contributed by atoms with Gasteiger partial charge in [0.1, 0.15) is 10.1 Å². The second kappa shape index (κ2) is 10.8. The minimum absolute atomic E-state index is 0. The zero-order valence-electron chi connectivity index (χ0n) is 17.4. The van der Waals surface area contributed by atoms with Gasteiger partial charge in [0, 0.05) is 13.0 Å². The molecule has 0 aliphatic carbocycles. The van der Waals surface area contributed by atoms with Gasteiger partial charge in [-0.25, -0.2) is 8.42 Å². The van der Waals surface area contributed by atoms with Crippen molar-refractivity contribution in [3.63, 3.8) is 0 Å². The summed E-state index contributed by atoms with van der Waals surface area (Å²) >= 11 is 0. The Hall–Kier alpha value is -1.05. The van der Waals surface area contributed by atoms with E-state index in [-0.39, 0.29) is 36.0 Å². The summed E-state index contributed by atoms with van der Waals surface area (Å²) in [7, 11) is -4.63. The Bertz CT molecular complexity index is 877. The zero-order chi connectivity index (χ0) is 20.0. The number of rotatable bonds is 10. The van der Waals surface area contributed by atoms with Crippen molar-refractivity contribution in [1.29, 1.82) is 0 Å². The number of hydrogen-bond acceptors (Lipinski definition) is 5. The molecule has 0 spiro atoms. The van der Waals surface area contributed by atoms with Gasteiger partial charge < -0.3 is 14.8 Å². The van der Waals surface area contributed by atoms with Crippen LogP contribution >= 0.6 is 0 Å². The largest absolute Gasteiger partial charge is 1.00 e. The maximum atomic E-state index is 12.5. The molecule has 1 unspecified atom stereocenters. The Morgan fingerprint density at radius 2 is 1.55 bits per heavy atom. The van der Waals surface area contributed by atoms with E-state index in [0.717, 1.165) is 30.5 Å². The molecule has 2 aromatic carbocycles. The average molecular weight is 425 g/mol. The van der Waals surface area contributed by atoms with Gasteiger partial charge >= 0.3 is 29.6 Å². The molecule has 0 saturated heterocycles. The first-order valence-corrected chi connectivity index (χ1v) is 11.5. The number of unbranched alkanes of at least 4 members (excludes halogenated alkanes) is 5. The Morgan fingerprint density at radius 1 is 0.931 bits per heavy atom. The Morgan fingerprint density at radius 3 is 2.24 bits per heavy atom. The molecule has 0 amide bonds. The second-order valence-corrected chi connectivity index (χ2v) is 9.05. The van der Waals surface area contributed by atoms with Crippen LogP contribution in [-0.4, -0.2) is 18.0 Å². The SMILES string of the molecule is CCCCCCCCC1(S(=O)(=O)[O-])Nc2ccccc2N1Cc1ccccc1.[Na+]. The molecular formula is C22H29N2NaO3S. The van der Waals surface area contributed by atoms with Gasteiger partial charge in [-0.05, 0) is 24.1 Å². The molecule has 1 N–H and O–H groups in total. The fourth-order valence-electron chi connectivity index (χ4n) is 3.93. The smallest absolute Gasteiger partial charge is 0.745 e. The van der Waals surface area contributed by atoms with Crippen molar-refractivity contribution < 1.29 is 42.5 Å². The van der Waals surface area contributed by atoms with Crippen molar-refractivity contribution >= 4 is 21.5 Å². The number of nitrogens with one attached hydrogen (secondary N) is 1. The van der Waals surface area contributed by atoms with Crippen LogP contribution in [0.3, 0.4) is 0 Å². The van der Waals surface area contributed by atoms with Crippen LogP contribution in [0.1, 0.15) is 57.4 Å². The predicted octanol–water partition coefficient (Wildman–Crippen LogP) is 2.07. The van der Waals surface area contributed by atoms with E-state index in [9.17, 15) is 13.0 Å². The minimum Gasteiger partial charge on any atom is -0.745 e. The fourth-order valence-corrected chi connectivity index (χ4v) is 4.99. The van der Waals surface area contributed by atoms with Crippen molar-refractivity contribution in [3.05, 3.63) is 60.2 Å². The standard InChI is InChI=1S/C22H30N2O3S.Na/c1-2-3-4-5-6-12-17-22(28(25,26)27)23-20-15-10-11-16-21(20)24(22)18-19-13-8-7-9-14-19;/h7-11,13-16,23H,2-6,12,17-18H2,1H3,(H,25,26,27);/q;+1/p-1. The molecule has 5 nitrogen and oxygen atoms in total. The Kier molecular flexibility index (Phi) is 9.04. The molecule has 0 radical (unpaired) electrons. The van der Waals surface area contributed by atoms with E-state index in [1.807, 2.05) is 54.6 Å². The molecule has 0 fully saturated rings. The van der Waals surface area contributed by atoms with E-state index in [0.29, 0.717) is 18.7 Å². The van der Waals surface area contributed by atoms with Crippen molar-refractivity contribution in [2.24, 2.45) is 0 Å². The van der Waals surface area contributed by atoms with Crippen LogP contribution in [0.5, 0.6) is 0 Å². The number of hydrogen-bond donors (Lipinski definition) is 1. The fraction of sp³-hybridized carbons (Fsp3) is 0.455. The second-order valence-electron chi connectivity index (χ2n) is 7.47. The molecule has 0 bridgehead atoms. The van der Waals surface area contributed by atoms with Gasteiger partial charge in [0.25, 0.3) is 0 Å². The quantitative estimate of drug-likeness (QED) is 0.359. The maximum Gasteiger partial charge on any atom is 1.00 e. The number of fused-ring (bicyclic) bond motifs is 1. The third-order valence-corrected chi connectivity index (χ3v) is 6.78. The molecule has 1 atom stereocenters. The summed E-state index contributed by atoms with van der Waals surface area (Å²) in [5.74, 6) is 0. The minimum atomic E-state index is -4.63. The van der Waals surface area contributed by atoms with Crippen LogP contribution in [0, 0.1) is 0 Å². The normalized spacial score (nSPS) is 18.1. The first kappa shape index (κ1) is 24.2. The molecular weight excluding hydrogens is 395 g/mol. The summed E-state index contributed by atoms with van der Waals surface area (Å²) in [6, 6.07) is 17.1. The monoisotopic (exact) mass is 424 g/mol. The summed E-state index contributed by atoms with van der Waals surface area (Å²) in [6.45, 7) is 2.53. The van der Waals surface area contributed by atoms with Crippen molar-refractivity contribution in [1.82, 2.24) is 0 Å². The van der Waals surface area contributed by atoms with E-state index in [1.165, 1.54) is 12.8 Å². The van der Waals surface area contributed by atoms with Gasteiger partial charge in [0.2, 0.25) is 4.99 Å². The summed E-state index contributed by atoms with van der Waals surface area (Å²) < 4.78 is 37.6. The van der Waals surface area contributed by atoms with Crippen LogP contribution in [-0.2, 0) is 16.7 Å². The molecule has 1 aliphatic rings. The van der Waals surface area contributed by atoms with Crippen molar-refractivity contribution in [2.75, 3.05) is 10.2 Å². The first-order chi connectivity index (χ1) is 13.5. The number of nitrogens with zero attached hydrogens (tertiary/aromatic N) is 1. The molecule has 1 heterocycles. The Balaban J connectivity index is 0.00000300. The van der Waals surface area contributed by atoms with Crippen LogP contribution in [0.4, 0.5) is 11.4 Å². The number of para-hydroxylation sites is 2. The molecule has 1 aliphatic heterocycles. The number of benzene rings is 2. The summed E-state index contributed by atoms with van der Waals surface area (Å²) in [5.41, 5.74) is 2.43. The van der Waals surface area contributed by atoms with Gasteiger partial charge in [0.15, 0.2) is 0 Å². The summed E-state index contributed by atoms with van der Waals surface area (Å²) in [5, 5.41) is 3.09. The first-order valence-electron chi connectivity index (χ1n) is 10.1. The van der Waals surface area contributed by atoms with E-state index in [4.69, 9.17) is 0 Å². The van der Waals surface area contributed by atoms with Crippen LogP contribution < -0.4 is 39.8 Å². The van der Waals surface area contributed by atoms with Crippen LogP contribution in [0.25, 0.3) is 0 Å². The third-order valence-electron chi connectivity index (χ3n) is 5.43. The maximum absolute atomic E-state index is 12.5. The van der Waals surface area contributed by atoms with Gasteiger partial charge in [-0.3, -0.25) is 0 Å². The van der Waals surface area contributed by atoms with Gasteiger partial charge in [-0.2, -0.15) is 0 Å². The predicted molar refractivity (Wildman–Crippen MR) is 113 cm³/mol. The van der Waals surface area contributed by atoms with Gasteiger partial charge in [-0.15, -0.1) is 0 Å². The third kappa shape index (κ3) is 5.56. The molecule has 152 valence electrons. The van der Waals surface area contributed by atoms with E-state index >= 15 is 0 Å². The molecule has 29 heavy (non-hydrogen) atoms.